The summed E-state index contributed by atoms with van der Waals surface area (Å²) >= 11 is 1.63. The highest BCUT2D eigenvalue weighted by molar-refractivity contribution is 8.00. The summed E-state index contributed by atoms with van der Waals surface area (Å²) in [6, 6.07) is 8.93. The molecule has 1 heterocycles. The average Bonchev–Trinajstić information content (AvgIpc) is 2.52. The molecule has 2 rings (SSSR count). The minimum atomic E-state index is -0.958. The zero-order valence-electron chi connectivity index (χ0n) is 12.0. The van der Waals surface area contributed by atoms with Gasteiger partial charge in [-0.1, -0.05) is 36.8 Å². The van der Waals surface area contributed by atoms with Gasteiger partial charge < -0.3 is 10.4 Å². The average molecular weight is 307 g/mol. The number of carboxylic acid groups (broad SMARTS) is 1. The molecule has 1 aliphatic rings. The Morgan fingerprint density at radius 3 is 2.67 bits per heavy atom. The molecule has 4 nitrogen and oxygen atoms in total. The maximum Gasteiger partial charge on any atom is 0.326 e. The first-order valence-corrected chi connectivity index (χ1v) is 8.40. The van der Waals surface area contributed by atoms with Gasteiger partial charge in [0.2, 0.25) is 5.91 Å². The van der Waals surface area contributed by atoms with Gasteiger partial charge in [0.1, 0.15) is 6.04 Å². The van der Waals surface area contributed by atoms with E-state index in [-0.39, 0.29) is 11.2 Å². The molecule has 0 aliphatic carbocycles. The lowest BCUT2D eigenvalue weighted by molar-refractivity contribution is -0.141. The number of aryl methyl sites for hydroxylation is 1. The van der Waals surface area contributed by atoms with Gasteiger partial charge >= 0.3 is 5.97 Å². The van der Waals surface area contributed by atoms with E-state index in [1.165, 1.54) is 0 Å². The van der Waals surface area contributed by atoms with Crippen molar-refractivity contribution < 1.29 is 14.7 Å². The van der Waals surface area contributed by atoms with Crippen LogP contribution in [0.1, 0.15) is 31.2 Å². The van der Waals surface area contributed by atoms with E-state index in [0.717, 1.165) is 30.6 Å². The molecule has 1 saturated heterocycles. The zero-order chi connectivity index (χ0) is 15.1. The van der Waals surface area contributed by atoms with Crippen LogP contribution in [0.15, 0.2) is 30.3 Å². The second-order valence-corrected chi connectivity index (χ2v) is 6.59. The Kier molecular flexibility index (Phi) is 6.11. The first-order valence-electron chi connectivity index (χ1n) is 7.35. The molecular formula is C16H21NO3S. The molecule has 1 aromatic carbocycles. The van der Waals surface area contributed by atoms with Gasteiger partial charge in [-0.3, -0.25) is 4.79 Å². The van der Waals surface area contributed by atoms with Gasteiger partial charge in [-0.25, -0.2) is 4.79 Å². The second-order valence-electron chi connectivity index (χ2n) is 5.28. The van der Waals surface area contributed by atoms with Crippen molar-refractivity contribution in [3.8, 4) is 0 Å². The van der Waals surface area contributed by atoms with E-state index in [2.05, 4.69) is 5.32 Å². The van der Waals surface area contributed by atoms with Crippen molar-refractivity contribution in [3.05, 3.63) is 35.9 Å². The third-order valence-electron chi connectivity index (χ3n) is 3.65. The fourth-order valence-electron chi connectivity index (χ4n) is 2.43. The van der Waals surface area contributed by atoms with Crippen LogP contribution in [0, 0.1) is 0 Å². The van der Waals surface area contributed by atoms with Crippen molar-refractivity contribution in [1.29, 1.82) is 0 Å². The van der Waals surface area contributed by atoms with Gasteiger partial charge in [0.15, 0.2) is 0 Å². The maximum atomic E-state index is 12.1. The van der Waals surface area contributed by atoms with Crippen LogP contribution in [0.4, 0.5) is 0 Å². The van der Waals surface area contributed by atoms with Gasteiger partial charge in [0.05, 0.1) is 5.25 Å². The number of benzene rings is 1. The number of aliphatic carboxylic acids is 1. The molecule has 0 saturated carbocycles. The van der Waals surface area contributed by atoms with Crippen molar-refractivity contribution >= 4 is 23.6 Å². The molecule has 21 heavy (non-hydrogen) atoms. The number of rotatable bonds is 6. The van der Waals surface area contributed by atoms with Gasteiger partial charge in [0, 0.05) is 0 Å². The Labute approximate surface area is 129 Å². The molecule has 1 fully saturated rings. The van der Waals surface area contributed by atoms with Gasteiger partial charge in [-0.2, -0.15) is 0 Å². The third kappa shape index (κ3) is 5.08. The van der Waals surface area contributed by atoms with E-state index in [0.29, 0.717) is 12.8 Å². The SMILES string of the molecule is O=C(O)C(CCc1ccccc1)NC(=O)C1CCCCS1. The molecule has 2 N–H and O–H groups in total. The van der Waals surface area contributed by atoms with E-state index in [1.54, 1.807) is 11.8 Å². The van der Waals surface area contributed by atoms with Crippen molar-refractivity contribution in [2.75, 3.05) is 5.75 Å². The van der Waals surface area contributed by atoms with Crippen LogP contribution in [0.25, 0.3) is 0 Å². The first kappa shape index (κ1) is 15.9. The summed E-state index contributed by atoms with van der Waals surface area (Å²) in [5, 5.41) is 11.9. The minimum absolute atomic E-state index is 0.0858. The van der Waals surface area contributed by atoms with Gasteiger partial charge in [-0.05, 0) is 37.0 Å². The van der Waals surface area contributed by atoms with Gasteiger partial charge in [0.25, 0.3) is 0 Å². The lowest BCUT2D eigenvalue weighted by atomic mass is 10.0. The lowest BCUT2D eigenvalue weighted by Gasteiger charge is -2.23. The Bertz CT molecular complexity index is 472. The summed E-state index contributed by atoms with van der Waals surface area (Å²) < 4.78 is 0. The maximum absolute atomic E-state index is 12.1. The van der Waals surface area contributed by atoms with Crippen molar-refractivity contribution in [2.45, 2.75) is 43.4 Å². The number of carbonyl (C=O) groups is 2. The summed E-state index contributed by atoms with van der Waals surface area (Å²) in [4.78, 5) is 23.4. The smallest absolute Gasteiger partial charge is 0.326 e. The van der Waals surface area contributed by atoms with E-state index in [1.807, 2.05) is 30.3 Å². The number of hydrogen-bond donors (Lipinski definition) is 2. The second kappa shape index (κ2) is 8.08. The third-order valence-corrected chi connectivity index (χ3v) is 5.03. The van der Waals surface area contributed by atoms with Crippen molar-refractivity contribution in [1.82, 2.24) is 5.32 Å². The summed E-state index contributed by atoms with van der Waals surface area (Å²) in [6.45, 7) is 0. The molecule has 2 atom stereocenters. The molecule has 0 radical (unpaired) electrons. The quantitative estimate of drug-likeness (QED) is 0.847. The Morgan fingerprint density at radius 1 is 1.29 bits per heavy atom. The fraction of sp³-hybridized carbons (Fsp3) is 0.500. The van der Waals surface area contributed by atoms with Crippen LogP contribution in [0.5, 0.6) is 0 Å². The van der Waals surface area contributed by atoms with E-state index < -0.39 is 12.0 Å². The minimum Gasteiger partial charge on any atom is -0.480 e. The molecule has 1 aliphatic heterocycles. The van der Waals surface area contributed by atoms with E-state index in [4.69, 9.17) is 0 Å². The van der Waals surface area contributed by atoms with Crippen LogP contribution in [0.3, 0.4) is 0 Å². The lowest BCUT2D eigenvalue weighted by Crippen LogP contribution is -2.45. The highest BCUT2D eigenvalue weighted by Gasteiger charge is 2.26. The normalized spacial score (nSPS) is 19.7. The molecule has 2 unspecified atom stereocenters. The van der Waals surface area contributed by atoms with Crippen molar-refractivity contribution in [3.63, 3.8) is 0 Å². The Hall–Kier alpha value is -1.49. The monoisotopic (exact) mass is 307 g/mol. The summed E-state index contributed by atoms with van der Waals surface area (Å²) in [5.74, 6) is -0.0971. The van der Waals surface area contributed by atoms with Crippen LogP contribution in [-0.2, 0) is 16.0 Å². The first-order chi connectivity index (χ1) is 10.2. The van der Waals surface area contributed by atoms with Crippen LogP contribution < -0.4 is 5.32 Å². The number of thioether (sulfide) groups is 1. The summed E-state index contributed by atoms with van der Waals surface area (Å²) in [6.07, 6.45) is 4.11. The molecule has 1 amide bonds. The number of carboxylic acids is 1. The Balaban J connectivity index is 1.86. The summed E-state index contributed by atoms with van der Waals surface area (Å²) in [7, 11) is 0. The molecular weight excluding hydrogens is 286 g/mol. The van der Waals surface area contributed by atoms with Gasteiger partial charge in [-0.15, -0.1) is 11.8 Å². The fourth-order valence-corrected chi connectivity index (χ4v) is 3.63. The predicted molar refractivity (Wildman–Crippen MR) is 84.4 cm³/mol. The molecule has 0 bridgehead atoms. The predicted octanol–water partition coefficient (Wildman–Crippen LogP) is 2.47. The van der Waals surface area contributed by atoms with Crippen LogP contribution in [0.2, 0.25) is 0 Å². The van der Waals surface area contributed by atoms with Crippen molar-refractivity contribution in [2.24, 2.45) is 0 Å². The molecule has 5 heteroatoms. The Morgan fingerprint density at radius 2 is 2.05 bits per heavy atom. The largest absolute Gasteiger partial charge is 0.480 e. The molecule has 0 aromatic heterocycles. The number of nitrogens with one attached hydrogen (secondary N) is 1. The van der Waals surface area contributed by atoms with E-state index >= 15 is 0 Å². The zero-order valence-corrected chi connectivity index (χ0v) is 12.8. The summed E-state index contributed by atoms with van der Waals surface area (Å²) in [5.41, 5.74) is 1.09. The molecule has 114 valence electrons. The topological polar surface area (TPSA) is 66.4 Å². The van der Waals surface area contributed by atoms with Crippen LogP contribution >= 0.6 is 11.8 Å². The number of hydrogen-bond acceptors (Lipinski definition) is 3. The van der Waals surface area contributed by atoms with E-state index in [9.17, 15) is 14.7 Å². The van der Waals surface area contributed by atoms with Crippen LogP contribution in [-0.4, -0.2) is 34.0 Å². The number of amides is 1. The molecule has 0 spiro atoms. The standard InChI is InChI=1S/C16H21NO3S/c18-15(14-8-4-5-11-21-14)17-13(16(19)20)10-9-12-6-2-1-3-7-12/h1-3,6-7,13-14H,4-5,8-11H2,(H,17,18)(H,19,20). The highest BCUT2D eigenvalue weighted by Crippen LogP contribution is 2.25. The highest BCUT2D eigenvalue weighted by atomic mass is 32.2. The number of carbonyl (C=O) groups excluding carboxylic acids is 1. The molecule has 1 aromatic rings.